The van der Waals surface area contributed by atoms with Crippen molar-refractivity contribution in [1.29, 1.82) is 0 Å². The van der Waals surface area contributed by atoms with Gasteiger partial charge in [0.1, 0.15) is 5.54 Å². The van der Waals surface area contributed by atoms with E-state index in [4.69, 9.17) is 5.10 Å². The number of alkyl halides is 3. The standard InChI is InChI=1S/C33H33F3N4O2/c1-21-13-15-24(20-27(21)33(34,35)36)37-31(42)32(17-8-18-32)38-30(41)23-14-16-26-28(19-23)39-40(25-11-6-3-7-12-25)29(26)22-9-4-2-5-10-22/h3,6-7,11-16,19-20,22H,2,4-5,8-10,17-18H2,1H3,(H,37,42)(H,38,41). The lowest BCUT2D eigenvalue weighted by Gasteiger charge is -2.40. The number of nitrogens with zero attached hydrogens (tertiary/aromatic N) is 2. The number of aromatic nitrogens is 2. The van der Waals surface area contributed by atoms with Gasteiger partial charge >= 0.3 is 6.18 Å². The van der Waals surface area contributed by atoms with Gasteiger partial charge < -0.3 is 10.6 Å². The summed E-state index contributed by atoms with van der Waals surface area (Å²) in [7, 11) is 0. The minimum absolute atomic E-state index is 0.0431. The van der Waals surface area contributed by atoms with E-state index in [1.165, 1.54) is 38.3 Å². The zero-order chi connectivity index (χ0) is 29.5. The molecule has 2 aliphatic carbocycles. The van der Waals surface area contributed by atoms with E-state index in [0.717, 1.165) is 42.1 Å². The van der Waals surface area contributed by atoms with Crippen LogP contribution in [0.1, 0.15) is 84.5 Å². The van der Waals surface area contributed by atoms with Crippen molar-refractivity contribution in [3.8, 4) is 5.69 Å². The fraction of sp³-hybridized carbons (Fsp3) is 0.364. The van der Waals surface area contributed by atoms with Gasteiger partial charge in [-0.15, -0.1) is 0 Å². The maximum Gasteiger partial charge on any atom is 0.416 e. The molecule has 0 unspecified atom stereocenters. The normalized spacial score (nSPS) is 17.0. The van der Waals surface area contributed by atoms with Gasteiger partial charge in [-0.25, -0.2) is 4.68 Å². The van der Waals surface area contributed by atoms with Crippen molar-refractivity contribution in [2.45, 2.75) is 75.9 Å². The first kappa shape index (κ1) is 28.0. The van der Waals surface area contributed by atoms with Crippen molar-refractivity contribution >= 4 is 28.4 Å². The maximum atomic E-state index is 13.5. The van der Waals surface area contributed by atoms with Crippen LogP contribution in [0, 0.1) is 6.92 Å². The van der Waals surface area contributed by atoms with Gasteiger partial charge in [0.2, 0.25) is 5.91 Å². The number of amides is 2. The van der Waals surface area contributed by atoms with Crippen LogP contribution in [0.25, 0.3) is 16.6 Å². The van der Waals surface area contributed by atoms with E-state index in [2.05, 4.69) is 10.6 Å². The fourth-order valence-electron chi connectivity index (χ4n) is 6.27. The number of aryl methyl sites for hydroxylation is 1. The average molecular weight is 575 g/mol. The molecule has 3 aromatic carbocycles. The summed E-state index contributed by atoms with van der Waals surface area (Å²) in [6, 6.07) is 19.2. The summed E-state index contributed by atoms with van der Waals surface area (Å²) < 4.78 is 42.2. The molecule has 0 saturated heterocycles. The number of nitrogens with one attached hydrogen (secondary N) is 2. The van der Waals surface area contributed by atoms with Crippen molar-refractivity contribution in [2.24, 2.45) is 0 Å². The van der Waals surface area contributed by atoms with E-state index >= 15 is 0 Å². The molecule has 0 atom stereocenters. The highest BCUT2D eigenvalue weighted by molar-refractivity contribution is 6.05. The Labute approximate surface area is 242 Å². The molecular weight excluding hydrogens is 541 g/mol. The summed E-state index contributed by atoms with van der Waals surface area (Å²) in [5.41, 5.74) is 1.34. The predicted octanol–water partition coefficient (Wildman–Crippen LogP) is 7.69. The van der Waals surface area contributed by atoms with Crippen LogP contribution < -0.4 is 10.6 Å². The summed E-state index contributed by atoms with van der Waals surface area (Å²) in [6.45, 7) is 1.37. The molecule has 2 saturated carbocycles. The Morgan fingerprint density at radius 1 is 0.929 bits per heavy atom. The zero-order valence-corrected chi connectivity index (χ0v) is 23.4. The number of hydrogen-bond acceptors (Lipinski definition) is 3. The van der Waals surface area contributed by atoms with Gasteiger partial charge in [0, 0.05) is 22.6 Å². The van der Waals surface area contributed by atoms with Crippen molar-refractivity contribution in [3.05, 3.63) is 89.1 Å². The molecule has 2 N–H and O–H groups in total. The molecule has 6 nitrogen and oxygen atoms in total. The van der Waals surface area contributed by atoms with Crippen LogP contribution >= 0.6 is 0 Å². The second-order valence-corrected chi connectivity index (χ2v) is 11.6. The third-order valence-corrected chi connectivity index (χ3v) is 8.76. The van der Waals surface area contributed by atoms with Crippen LogP contribution in [0.15, 0.2) is 66.7 Å². The smallest absolute Gasteiger partial charge is 0.338 e. The van der Waals surface area contributed by atoms with E-state index in [0.29, 0.717) is 29.8 Å². The van der Waals surface area contributed by atoms with Crippen LogP contribution in [0.4, 0.5) is 18.9 Å². The number of benzene rings is 3. The van der Waals surface area contributed by atoms with Gasteiger partial charge in [0.25, 0.3) is 5.91 Å². The van der Waals surface area contributed by atoms with Crippen LogP contribution in [0.2, 0.25) is 0 Å². The molecule has 1 aromatic heterocycles. The topological polar surface area (TPSA) is 76.0 Å². The highest BCUT2D eigenvalue weighted by atomic mass is 19.4. The number of anilines is 1. The Bertz CT molecular complexity index is 1630. The molecule has 0 aliphatic heterocycles. The second-order valence-electron chi connectivity index (χ2n) is 11.6. The number of fused-ring (bicyclic) bond motifs is 1. The van der Waals surface area contributed by atoms with Crippen LogP contribution in [-0.4, -0.2) is 27.1 Å². The summed E-state index contributed by atoms with van der Waals surface area (Å²) in [5.74, 6) is -0.557. The predicted molar refractivity (Wildman–Crippen MR) is 156 cm³/mol. The van der Waals surface area contributed by atoms with Crippen LogP contribution in [0.3, 0.4) is 0 Å². The summed E-state index contributed by atoms with van der Waals surface area (Å²) in [6.07, 6.45) is 2.78. The molecule has 2 fully saturated rings. The number of hydrogen-bond donors (Lipinski definition) is 2. The molecule has 9 heteroatoms. The van der Waals surface area contributed by atoms with Gasteiger partial charge in [0.05, 0.1) is 22.5 Å². The number of rotatable bonds is 6. The molecule has 2 amide bonds. The van der Waals surface area contributed by atoms with E-state index in [1.54, 1.807) is 12.1 Å². The third-order valence-electron chi connectivity index (χ3n) is 8.76. The Kier molecular flexibility index (Phi) is 7.29. The largest absolute Gasteiger partial charge is 0.416 e. The lowest BCUT2D eigenvalue weighted by Crippen LogP contribution is -2.61. The molecule has 6 rings (SSSR count). The second kappa shape index (κ2) is 10.9. The highest BCUT2D eigenvalue weighted by Gasteiger charge is 2.46. The molecule has 0 bridgehead atoms. The molecule has 4 aromatic rings. The van der Waals surface area contributed by atoms with Crippen molar-refractivity contribution < 1.29 is 22.8 Å². The first-order valence-corrected chi connectivity index (χ1v) is 14.5. The first-order chi connectivity index (χ1) is 20.1. The highest BCUT2D eigenvalue weighted by Crippen LogP contribution is 2.39. The van der Waals surface area contributed by atoms with E-state index in [1.807, 2.05) is 41.1 Å². The average Bonchev–Trinajstić information content (AvgIpc) is 3.35. The minimum atomic E-state index is -4.53. The Morgan fingerprint density at radius 3 is 2.33 bits per heavy atom. The lowest BCUT2D eigenvalue weighted by molar-refractivity contribution is -0.138. The van der Waals surface area contributed by atoms with Gasteiger partial charge in [-0.2, -0.15) is 18.3 Å². The van der Waals surface area contributed by atoms with Gasteiger partial charge in [-0.05, 0) is 81.0 Å². The van der Waals surface area contributed by atoms with E-state index < -0.39 is 29.1 Å². The molecule has 42 heavy (non-hydrogen) atoms. The van der Waals surface area contributed by atoms with Gasteiger partial charge in [0.15, 0.2) is 0 Å². The summed E-state index contributed by atoms with van der Waals surface area (Å²) in [4.78, 5) is 26.8. The van der Waals surface area contributed by atoms with E-state index in [-0.39, 0.29) is 11.3 Å². The van der Waals surface area contributed by atoms with Crippen molar-refractivity contribution in [3.63, 3.8) is 0 Å². The number of para-hydroxylation sites is 1. The van der Waals surface area contributed by atoms with Crippen molar-refractivity contribution in [2.75, 3.05) is 5.32 Å². The first-order valence-electron chi connectivity index (χ1n) is 14.5. The minimum Gasteiger partial charge on any atom is -0.338 e. The SMILES string of the molecule is Cc1ccc(NC(=O)C2(NC(=O)c3ccc4c(C5CCCCC5)n(-c5ccccc5)nc4c3)CCC2)cc1C(F)(F)F. The molecule has 1 heterocycles. The number of halogens is 3. The third kappa shape index (κ3) is 5.28. The number of carbonyl (C=O) groups is 2. The van der Waals surface area contributed by atoms with Crippen LogP contribution in [0.5, 0.6) is 0 Å². The molecule has 2 aliphatic rings. The Morgan fingerprint density at radius 2 is 1.67 bits per heavy atom. The van der Waals surface area contributed by atoms with Crippen LogP contribution in [-0.2, 0) is 11.0 Å². The fourth-order valence-corrected chi connectivity index (χ4v) is 6.27. The zero-order valence-electron chi connectivity index (χ0n) is 23.4. The lowest BCUT2D eigenvalue weighted by atomic mass is 9.75. The van der Waals surface area contributed by atoms with Crippen molar-refractivity contribution in [1.82, 2.24) is 15.1 Å². The molecule has 218 valence electrons. The Balaban J connectivity index is 1.26. The van der Waals surface area contributed by atoms with E-state index in [9.17, 15) is 22.8 Å². The summed E-state index contributed by atoms with van der Waals surface area (Å²) >= 11 is 0. The maximum absolute atomic E-state index is 13.5. The quantitative estimate of drug-likeness (QED) is 0.248. The number of carbonyl (C=O) groups excluding carboxylic acids is 2. The van der Waals surface area contributed by atoms with Gasteiger partial charge in [-0.1, -0.05) is 49.6 Å². The summed E-state index contributed by atoms with van der Waals surface area (Å²) in [5, 5.41) is 11.4. The Hall–Kier alpha value is -4.14. The van der Waals surface area contributed by atoms with Gasteiger partial charge in [-0.3, -0.25) is 9.59 Å². The molecule has 0 spiro atoms. The molecular formula is C33H33F3N4O2. The molecule has 0 radical (unpaired) electrons. The monoisotopic (exact) mass is 574 g/mol.